The molecule has 0 spiro atoms. The van der Waals surface area contributed by atoms with Gasteiger partial charge in [0.05, 0.1) is 5.38 Å². The van der Waals surface area contributed by atoms with E-state index in [4.69, 9.17) is 11.6 Å². The van der Waals surface area contributed by atoms with Gasteiger partial charge in [-0.3, -0.25) is 0 Å². The zero-order chi connectivity index (χ0) is 12.1. The van der Waals surface area contributed by atoms with E-state index in [0.29, 0.717) is 3.92 Å². The third-order valence-electron chi connectivity index (χ3n) is 2.74. The molecule has 17 heavy (non-hydrogen) atoms. The SMILES string of the molecule is ClC(CC(I)c1ccccc1)c1ccccc1. The maximum Gasteiger partial charge on any atom is 0.0598 e. The first-order valence-corrected chi connectivity index (χ1v) is 7.33. The molecular formula is C15H14ClI. The number of alkyl halides is 2. The number of hydrogen-bond donors (Lipinski definition) is 0. The molecule has 2 unspecified atom stereocenters. The van der Waals surface area contributed by atoms with Crippen LogP contribution in [0, 0.1) is 0 Å². The minimum atomic E-state index is 0.0818. The fourth-order valence-corrected chi connectivity index (χ4v) is 3.33. The Morgan fingerprint density at radius 3 is 1.82 bits per heavy atom. The lowest BCUT2D eigenvalue weighted by Gasteiger charge is -2.15. The van der Waals surface area contributed by atoms with E-state index in [1.54, 1.807) is 0 Å². The normalized spacial score (nSPS) is 14.2. The molecule has 0 bridgehead atoms. The van der Waals surface area contributed by atoms with Gasteiger partial charge in [0.1, 0.15) is 0 Å². The van der Waals surface area contributed by atoms with Crippen LogP contribution in [0.3, 0.4) is 0 Å². The van der Waals surface area contributed by atoms with Crippen molar-refractivity contribution in [2.75, 3.05) is 0 Å². The van der Waals surface area contributed by atoms with Gasteiger partial charge >= 0.3 is 0 Å². The number of hydrogen-bond acceptors (Lipinski definition) is 0. The lowest BCUT2D eigenvalue weighted by atomic mass is 10.0. The molecule has 0 fully saturated rings. The van der Waals surface area contributed by atoms with E-state index < -0.39 is 0 Å². The minimum absolute atomic E-state index is 0.0818. The van der Waals surface area contributed by atoms with Crippen molar-refractivity contribution in [2.24, 2.45) is 0 Å². The van der Waals surface area contributed by atoms with Crippen LogP contribution in [0.1, 0.15) is 26.8 Å². The molecule has 0 aliphatic heterocycles. The molecule has 0 nitrogen and oxygen atoms in total. The van der Waals surface area contributed by atoms with Crippen LogP contribution < -0.4 is 0 Å². The van der Waals surface area contributed by atoms with Gasteiger partial charge in [-0.05, 0) is 17.5 Å². The van der Waals surface area contributed by atoms with Crippen molar-refractivity contribution in [3.63, 3.8) is 0 Å². The molecule has 0 amide bonds. The van der Waals surface area contributed by atoms with Crippen LogP contribution in [-0.4, -0.2) is 0 Å². The topological polar surface area (TPSA) is 0 Å². The molecule has 2 rings (SSSR count). The van der Waals surface area contributed by atoms with Crippen molar-refractivity contribution in [2.45, 2.75) is 15.7 Å². The second-order valence-corrected chi connectivity index (χ2v) is 6.02. The molecule has 0 aliphatic rings. The maximum absolute atomic E-state index is 6.45. The highest BCUT2D eigenvalue weighted by molar-refractivity contribution is 14.1. The average molecular weight is 357 g/mol. The van der Waals surface area contributed by atoms with Crippen LogP contribution in [0.2, 0.25) is 0 Å². The molecule has 2 atom stereocenters. The van der Waals surface area contributed by atoms with Crippen molar-refractivity contribution >= 4 is 34.2 Å². The minimum Gasteiger partial charge on any atom is -0.118 e. The zero-order valence-corrected chi connectivity index (χ0v) is 12.3. The van der Waals surface area contributed by atoms with Gasteiger partial charge in [-0.15, -0.1) is 11.6 Å². The second-order valence-electron chi connectivity index (χ2n) is 3.99. The van der Waals surface area contributed by atoms with Crippen LogP contribution in [0.4, 0.5) is 0 Å². The first-order chi connectivity index (χ1) is 8.27. The Balaban J connectivity index is 2.02. The maximum atomic E-state index is 6.45. The van der Waals surface area contributed by atoms with E-state index in [2.05, 4.69) is 59.0 Å². The molecule has 2 heteroatoms. The van der Waals surface area contributed by atoms with Gasteiger partial charge in [-0.1, -0.05) is 83.3 Å². The van der Waals surface area contributed by atoms with Gasteiger partial charge in [-0.2, -0.15) is 0 Å². The van der Waals surface area contributed by atoms with E-state index in [1.807, 2.05) is 24.3 Å². The lowest BCUT2D eigenvalue weighted by Crippen LogP contribution is -1.96. The van der Waals surface area contributed by atoms with Crippen LogP contribution in [-0.2, 0) is 0 Å². The fourth-order valence-electron chi connectivity index (χ4n) is 1.78. The van der Waals surface area contributed by atoms with Gasteiger partial charge in [-0.25, -0.2) is 0 Å². The highest BCUT2D eigenvalue weighted by atomic mass is 127. The Morgan fingerprint density at radius 2 is 1.29 bits per heavy atom. The zero-order valence-electron chi connectivity index (χ0n) is 9.39. The standard InChI is InChI=1S/C15H14ClI/c16-14(12-7-3-1-4-8-12)11-15(17)13-9-5-2-6-10-13/h1-10,14-15H,11H2. The quantitative estimate of drug-likeness (QED) is 0.499. The van der Waals surface area contributed by atoms with E-state index in [0.717, 1.165) is 6.42 Å². The molecule has 2 aromatic carbocycles. The van der Waals surface area contributed by atoms with Gasteiger partial charge in [0.25, 0.3) is 0 Å². The van der Waals surface area contributed by atoms with Crippen LogP contribution in [0.25, 0.3) is 0 Å². The Kier molecular flexibility index (Phi) is 4.86. The smallest absolute Gasteiger partial charge is 0.0598 e. The molecule has 0 N–H and O–H groups in total. The predicted octanol–water partition coefficient (Wildman–Crippen LogP) is 5.53. The van der Waals surface area contributed by atoms with Gasteiger partial charge in [0.15, 0.2) is 0 Å². The summed E-state index contributed by atoms with van der Waals surface area (Å²) in [5.74, 6) is 0. The molecule has 0 aromatic heterocycles. The van der Waals surface area contributed by atoms with Crippen LogP contribution in [0.15, 0.2) is 60.7 Å². The summed E-state index contributed by atoms with van der Waals surface area (Å²) in [6.07, 6.45) is 0.955. The first-order valence-electron chi connectivity index (χ1n) is 5.65. The van der Waals surface area contributed by atoms with E-state index in [-0.39, 0.29) is 5.38 Å². The van der Waals surface area contributed by atoms with Crippen molar-refractivity contribution in [3.8, 4) is 0 Å². The Hall–Kier alpha value is -0.540. The summed E-state index contributed by atoms with van der Waals surface area (Å²) in [4.78, 5) is 0. The summed E-state index contributed by atoms with van der Waals surface area (Å²) in [6.45, 7) is 0. The molecule has 0 heterocycles. The third kappa shape index (κ3) is 3.71. The van der Waals surface area contributed by atoms with Crippen LogP contribution >= 0.6 is 34.2 Å². The summed E-state index contributed by atoms with van der Waals surface area (Å²) in [7, 11) is 0. The van der Waals surface area contributed by atoms with Crippen molar-refractivity contribution in [1.29, 1.82) is 0 Å². The molecule has 0 saturated carbocycles. The van der Waals surface area contributed by atoms with Gasteiger partial charge in [0, 0.05) is 3.92 Å². The fraction of sp³-hybridized carbons (Fsp3) is 0.200. The number of rotatable bonds is 4. The summed E-state index contributed by atoms with van der Waals surface area (Å²) < 4.78 is 0.455. The molecule has 0 saturated heterocycles. The van der Waals surface area contributed by atoms with Crippen LogP contribution in [0.5, 0.6) is 0 Å². The van der Waals surface area contributed by atoms with E-state index >= 15 is 0 Å². The highest BCUT2D eigenvalue weighted by Gasteiger charge is 2.14. The number of benzene rings is 2. The van der Waals surface area contributed by atoms with E-state index in [1.165, 1.54) is 11.1 Å². The average Bonchev–Trinajstić information content (AvgIpc) is 2.40. The molecule has 0 aliphatic carbocycles. The summed E-state index contributed by atoms with van der Waals surface area (Å²) in [5.41, 5.74) is 2.54. The third-order valence-corrected chi connectivity index (χ3v) is 4.39. The summed E-state index contributed by atoms with van der Waals surface area (Å²) in [5, 5.41) is 0.0818. The monoisotopic (exact) mass is 356 g/mol. The molecule has 2 aromatic rings. The van der Waals surface area contributed by atoms with Crippen molar-refractivity contribution in [1.82, 2.24) is 0 Å². The molecular weight excluding hydrogens is 343 g/mol. The largest absolute Gasteiger partial charge is 0.118 e. The summed E-state index contributed by atoms with van der Waals surface area (Å²) in [6, 6.07) is 20.8. The van der Waals surface area contributed by atoms with E-state index in [9.17, 15) is 0 Å². The van der Waals surface area contributed by atoms with Gasteiger partial charge in [0.2, 0.25) is 0 Å². The predicted molar refractivity (Wildman–Crippen MR) is 82.9 cm³/mol. The first kappa shape index (κ1) is 12.9. The van der Waals surface area contributed by atoms with Gasteiger partial charge < -0.3 is 0 Å². The Bertz CT molecular complexity index is 397. The lowest BCUT2D eigenvalue weighted by molar-refractivity contribution is 0.798. The number of halogens is 2. The molecule has 88 valence electrons. The second kappa shape index (κ2) is 6.41. The highest BCUT2D eigenvalue weighted by Crippen LogP contribution is 2.36. The Morgan fingerprint density at radius 1 is 0.824 bits per heavy atom. The Labute approximate surface area is 121 Å². The molecule has 0 radical (unpaired) electrons. The van der Waals surface area contributed by atoms with Crippen molar-refractivity contribution in [3.05, 3.63) is 71.8 Å². The summed E-state index contributed by atoms with van der Waals surface area (Å²) >= 11 is 8.91. The van der Waals surface area contributed by atoms with Crippen molar-refractivity contribution < 1.29 is 0 Å².